The molecule has 4 aromatic rings. The van der Waals surface area contributed by atoms with Crippen molar-refractivity contribution in [2.75, 3.05) is 13.7 Å². The molecule has 0 aromatic heterocycles. The number of hydrogen-bond acceptors (Lipinski definition) is 9. The Balaban J connectivity index is 1.38. The Morgan fingerprint density at radius 1 is 0.723 bits per heavy atom. The number of carbonyl (C=O) groups excluding carboxylic acids is 3. The van der Waals surface area contributed by atoms with Crippen LogP contribution in [0.15, 0.2) is 109 Å². The van der Waals surface area contributed by atoms with Gasteiger partial charge in [-0.05, 0) is 47.5 Å². The number of fused-ring (bicyclic) bond motifs is 1. The maximum atomic E-state index is 13.9. The van der Waals surface area contributed by atoms with Crippen LogP contribution < -0.4 is 9.47 Å². The highest BCUT2D eigenvalue weighted by atomic mass is 16.7. The van der Waals surface area contributed by atoms with Crippen molar-refractivity contribution in [3.05, 3.63) is 131 Å². The fourth-order valence-electron chi connectivity index (χ4n) is 5.82. The highest BCUT2D eigenvalue weighted by molar-refractivity contribution is 6.21. The van der Waals surface area contributed by atoms with Gasteiger partial charge in [0.1, 0.15) is 29.7 Å². The van der Waals surface area contributed by atoms with Crippen molar-refractivity contribution in [3.8, 4) is 11.5 Å². The molecule has 4 aromatic carbocycles. The van der Waals surface area contributed by atoms with Gasteiger partial charge in [0.2, 0.25) is 6.29 Å². The molecule has 47 heavy (non-hydrogen) atoms. The summed E-state index contributed by atoms with van der Waals surface area (Å²) in [6.07, 6.45) is -4.24. The van der Waals surface area contributed by atoms with Gasteiger partial charge in [0.05, 0.1) is 38.1 Å². The number of hydrogen-bond donors (Lipinski definition) is 0. The second kappa shape index (κ2) is 14.6. The van der Waals surface area contributed by atoms with Crippen LogP contribution in [0.5, 0.6) is 11.5 Å². The maximum absolute atomic E-state index is 13.9. The number of nitrogens with zero attached hydrogens (tertiary/aromatic N) is 1. The fourth-order valence-corrected chi connectivity index (χ4v) is 5.82. The monoisotopic (exact) mass is 637 g/mol. The number of carbonyl (C=O) groups is 3. The lowest BCUT2D eigenvalue weighted by atomic mass is 9.94. The molecular weight excluding hydrogens is 602 g/mol. The highest BCUT2D eigenvalue weighted by Crippen LogP contribution is 2.36. The molecule has 10 nitrogen and oxygen atoms in total. The average Bonchev–Trinajstić information content (AvgIpc) is 3.34. The van der Waals surface area contributed by atoms with Crippen LogP contribution in [0.1, 0.15) is 38.8 Å². The largest absolute Gasteiger partial charge is 0.497 e. The van der Waals surface area contributed by atoms with Crippen molar-refractivity contribution >= 4 is 17.8 Å². The SMILES string of the molecule is COc1ccc(O[C@@H]2O[C@H](COCc3ccccc3)[C@@H](OCc3ccccc3)[C@H](OC(C)=O)[C@H]2N2C(=O)c3ccccc3C2=O)cc1. The van der Waals surface area contributed by atoms with Crippen LogP contribution in [-0.2, 0) is 37.0 Å². The molecule has 0 radical (unpaired) electrons. The summed E-state index contributed by atoms with van der Waals surface area (Å²) in [4.78, 5) is 41.6. The minimum Gasteiger partial charge on any atom is -0.497 e. The van der Waals surface area contributed by atoms with Crippen molar-refractivity contribution in [1.82, 2.24) is 4.90 Å². The van der Waals surface area contributed by atoms with Gasteiger partial charge in [-0.25, -0.2) is 0 Å². The van der Waals surface area contributed by atoms with Crippen LogP contribution in [0.3, 0.4) is 0 Å². The summed E-state index contributed by atoms with van der Waals surface area (Å²) < 4.78 is 36.8. The first-order chi connectivity index (χ1) is 22.9. The summed E-state index contributed by atoms with van der Waals surface area (Å²) in [5, 5.41) is 0. The zero-order valence-corrected chi connectivity index (χ0v) is 26.0. The molecule has 10 heteroatoms. The van der Waals surface area contributed by atoms with E-state index in [-0.39, 0.29) is 30.9 Å². The third kappa shape index (κ3) is 7.20. The van der Waals surface area contributed by atoms with E-state index < -0.39 is 48.4 Å². The number of methoxy groups -OCH3 is 1. The van der Waals surface area contributed by atoms with Crippen LogP contribution in [-0.4, -0.2) is 67.0 Å². The van der Waals surface area contributed by atoms with E-state index in [1.807, 2.05) is 60.7 Å². The molecule has 2 aliphatic rings. The van der Waals surface area contributed by atoms with E-state index in [1.165, 1.54) is 6.92 Å². The molecule has 1 fully saturated rings. The molecule has 6 rings (SSSR count). The number of benzene rings is 4. The van der Waals surface area contributed by atoms with Gasteiger partial charge in [-0.1, -0.05) is 72.8 Å². The van der Waals surface area contributed by atoms with Crippen LogP contribution in [0.4, 0.5) is 0 Å². The lowest BCUT2D eigenvalue weighted by molar-refractivity contribution is -0.272. The van der Waals surface area contributed by atoms with Crippen LogP contribution in [0, 0.1) is 0 Å². The highest BCUT2D eigenvalue weighted by Gasteiger charge is 2.57. The summed E-state index contributed by atoms with van der Waals surface area (Å²) in [5.74, 6) is -0.746. The fraction of sp³-hybridized carbons (Fsp3) is 0.270. The van der Waals surface area contributed by atoms with E-state index in [9.17, 15) is 14.4 Å². The average molecular weight is 638 g/mol. The van der Waals surface area contributed by atoms with E-state index in [1.54, 1.807) is 55.6 Å². The van der Waals surface area contributed by atoms with Crippen molar-refractivity contribution in [1.29, 1.82) is 0 Å². The third-order valence-corrected chi connectivity index (χ3v) is 8.03. The van der Waals surface area contributed by atoms with Crippen LogP contribution >= 0.6 is 0 Å². The quantitative estimate of drug-likeness (QED) is 0.153. The van der Waals surface area contributed by atoms with Crippen LogP contribution in [0.2, 0.25) is 0 Å². The van der Waals surface area contributed by atoms with Gasteiger partial charge in [-0.15, -0.1) is 0 Å². The number of imide groups is 1. The summed E-state index contributed by atoms with van der Waals surface area (Å²) in [7, 11) is 1.55. The normalized spacial score (nSPS) is 22.1. The van der Waals surface area contributed by atoms with Gasteiger partial charge in [-0.3, -0.25) is 19.3 Å². The second-order valence-electron chi connectivity index (χ2n) is 11.2. The Hall–Kier alpha value is -5.03. The first kappa shape index (κ1) is 31.9. The minimum absolute atomic E-state index is 0.0312. The lowest BCUT2D eigenvalue weighted by Crippen LogP contribution is -2.68. The zero-order valence-electron chi connectivity index (χ0n) is 26.0. The van der Waals surface area contributed by atoms with Crippen molar-refractivity contribution in [2.24, 2.45) is 0 Å². The first-order valence-corrected chi connectivity index (χ1v) is 15.3. The van der Waals surface area contributed by atoms with E-state index in [4.69, 9.17) is 28.4 Å². The predicted molar refractivity (Wildman–Crippen MR) is 170 cm³/mol. The van der Waals surface area contributed by atoms with E-state index in [0.717, 1.165) is 16.0 Å². The molecule has 2 aliphatic heterocycles. The van der Waals surface area contributed by atoms with E-state index in [2.05, 4.69) is 0 Å². The number of rotatable bonds is 12. The summed E-state index contributed by atoms with van der Waals surface area (Å²) in [6.45, 7) is 1.73. The summed E-state index contributed by atoms with van der Waals surface area (Å²) in [6, 6.07) is 31.3. The Kier molecular flexibility index (Phi) is 9.92. The molecular formula is C37H35NO9. The molecule has 1 saturated heterocycles. The van der Waals surface area contributed by atoms with Crippen molar-refractivity contribution in [3.63, 3.8) is 0 Å². The summed E-state index contributed by atoms with van der Waals surface area (Å²) >= 11 is 0. The molecule has 0 aliphatic carbocycles. The number of ether oxygens (including phenoxy) is 6. The lowest BCUT2D eigenvalue weighted by Gasteiger charge is -2.47. The van der Waals surface area contributed by atoms with Crippen molar-refractivity contribution < 1.29 is 42.8 Å². The van der Waals surface area contributed by atoms with Gasteiger partial charge in [0, 0.05) is 6.92 Å². The van der Waals surface area contributed by atoms with E-state index in [0.29, 0.717) is 11.5 Å². The molecule has 0 saturated carbocycles. The molecule has 0 spiro atoms. The molecule has 5 atom stereocenters. The van der Waals surface area contributed by atoms with Crippen LogP contribution in [0.25, 0.3) is 0 Å². The Morgan fingerprint density at radius 3 is 1.85 bits per heavy atom. The molecule has 0 N–H and O–H groups in total. The Labute approximate surface area is 272 Å². The Bertz CT molecular complexity index is 1640. The first-order valence-electron chi connectivity index (χ1n) is 15.3. The Morgan fingerprint density at radius 2 is 1.28 bits per heavy atom. The maximum Gasteiger partial charge on any atom is 0.303 e. The van der Waals surface area contributed by atoms with Gasteiger partial charge < -0.3 is 28.4 Å². The topological polar surface area (TPSA) is 110 Å². The molecule has 2 amide bonds. The van der Waals surface area contributed by atoms with Crippen molar-refractivity contribution in [2.45, 2.75) is 50.8 Å². The minimum atomic E-state index is -1.27. The van der Waals surface area contributed by atoms with E-state index >= 15 is 0 Å². The standard InChI is InChI=1S/C37H35NO9/c1-24(39)45-34-32(38-35(40)29-15-9-10-16-30(29)36(38)41)37(46-28-19-17-27(42-2)18-20-28)47-31(23-43-21-25-11-5-3-6-12-25)33(34)44-22-26-13-7-4-8-14-26/h3-20,31-34,37H,21-23H2,1-2H3/t31-,32-,33-,34-,37-/m1/s1. The zero-order chi connectivity index (χ0) is 32.8. The summed E-state index contributed by atoms with van der Waals surface area (Å²) in [5.41, 5.74) is 2.29. The number of amides is 2. The predicted octanol–water partition coefficient (Wildman–Crippen LogP) is 5.20. The smallest absolute Gasteiger partial charge is 0.303 e. The second-order valence-corrected chi connectivity index (χ2v) is 11.2. The van der Waals surface area contributed by atoms with Gasteiger partial charge in [0.15, 0.2) is 6.10 Å². The molecule has 0 bridgehead atoms. The van der Waals surface area contributed by atoms with Gasteiger partial charge >= 0.3 is 5.97 Å². The number of esters is 1. The molecule has 0 unspecified atom stereocenters. The molecule has 2 heterocycles. The third-order valence-electron chi connectivity index (χ3n) is 8.03. The van der Waals surface area contributed by atoms with Gasteiger partial charge in [-0.2, -0.15) is 0 Å². The molecule has 242 valence electrons. The van der Waals surface area contributed by atoms with Gasteiger partial charge in [0.25, 0.3) is 11.8 Å².